The zero-order valence-electron chi connectivity index (χ0n) is 11.3. The lowest BCUT2D eigenvalue weighted by atomic mass is 10.1. The van der Waals surface area contributed by atoms with Crippen molar-refractivity contribution < 1.29 is 4.39 Å². The zero-order chi connectivity index (χ0) is 14.7. The third-order valence-electron chi connectivity index (χ3n) is 3.23. The standard InChI is InChI=1S/C14H15FN6/c15-10-7-11(16)9-3-1-5-17-13(9)14(10)18-6-2-4-12-19-8-20-21-12/h1,3,5,7-8,18H,2,4,6,16H2,(H,19,20,21). The molecule has 0 spiro atoms. The van der Waals surface area contributed by atoms with Crippen LogP contribution in [0, 0.1) is 5.82 Å². The number of hydrogen-bond acceptors (Lipinski definition) is 5. The molecule has 0 radical (unpaired) electrons. The molecule has 108 valence electrons. The highest BCUT2D eigenvalue weighted by Gasteiger charge is 2.11. The lowest BCUT2D eigenvalue weighted by molar-refractivity contribution is 0.631. The van der Waals surface area contributed by atoms with Crippen LogP contribution in [0.4, 0.5) is 15.8 Å². The Morgan fingerprint density at radius 2 is 2.24 bits per heavy atom. The highest BCUT2D eigenvalue weighted by atomic mass is 19.1. The molecule has 0 amide bonds. The van der Waals surface area contributed by atoms with Crippen LogP contribution in [0.5, 0.6) is 0 Å². The summed E-state index contributed by atoms with van der Waals surface area (Å²) < 4.78 is 14.1. The average molecular weight is 286 g/mol. The molecule has 0 aliphatic rings. The predicted octanol–water partition coefficient (Wildman–Crippen LogP) is 2.12. The van der Waals surface area contributed by atoms with E-state index in [4.69, 9.17) is 5.73 Å². The van der Waals surface area contributed by atoms with Gasteiger partial charge in [0.25, 0.3) is 0 Å². The summed E-state index contributed by atoms with van der Waals surface area (Å²) in [6.45, 7) is 0.604. The molecule has 21 heavy (non-hydrogen) atoms. The van der Waals surface area contributed by atoms with Gasteiger partial charge in [-0.15, -0.1) is 0 Å². The van der Waals surface area contributed by atoms with Gasteiger partial charge in [0, 0.05) is 30.2 Å². The summed E-state index contributed by atoms with van der Waals surface area (Å²) in [5.41, 5.74) is 7.15. The molecule has 3 rings (SSSR count). The van der Waals surface area contributed by atoms with Crippen LogP contribution in [-0.2, 0) is 6.42 Å². The van der Waals surface area contributed by atoms with Gasteiger partial charge in [-0.1, -0.05) is 0 Å². The van der Waals surface area contributed by atoms with Gasteiger partial charge < -0.3 is 11.1 Å². The van der Waals surface area contributed by atoms with Crippen LogP contribution in [0.1, 0.15) is 12.2 Å². The van der Waals surface area contributed by atoms with Gasteiger partial charge >= 0.3 is 0 Å². The van der Waals surface area contributed by atoms with E-state index >= 15 is 0 Å². The Morgan fingerprint density at radius 3 is 3.05 bits per heavy atom. The Bertz CT molecular complexity index is 741. The number of nitrogens with zero attached hydrogens (tertiary/aromatic N) is 3. The fourth-order valence-electron chi connectivity index (χ4n) is 2.23. The number of nitrogen functional groups attached to an aromatic ring is 1. The van der Waals surface area contributed by atoms with Crippen LogP contribution in [-0.4, -0.2) is 26.7 Å². The molecule has 6 nitrogen and oxygen atoms in total. The van der Waals surface area contributed by atoms with Crippen molar-refractivity contribution in [2.24, 2.45) is 0 Å². The van der Waals surface area contributed by atoms with Crippen molar-refractivity contribution in [2.45, 2.75) is 12.8 Å². The van der Waals surface area contributed by atoms with Crippen LogP contribution < -0.4 is 11.1 Å². The second-order valence-corrected chi connectivity index (χ2v) is 4.68. The third-order valence-corrected chi connectivity index (χ3v) is 3.23. The molecular formula is C14H15FN6. The number of benzene rings is 1. The number of anilines is 2. The average Bonchev–Trinajstić information content (AvgIpc) is 2.99. The zero-order valence-corrected chi connectivity index (χ0v) is 11.3. The van der Waals surface area contributed by atoms with Crippen molar-refractivity contribution in [3.8, 4) is 0 Å². The third kappa shape index (κ3) is 2.76. The van der Waals surface area contributed by atoms with E-state index < -0.39 is 5.82 Å². The monoisotopic (exact) mass is 286 g/mol. The summed E-state index contributed by atoms with van der Waals surface area (Å²) in [7, 11) is 0. The van der Waals surface area contributed by atoms with Crippen LogP contribution in [0.15, 0.2) is 30.7 Å². The highest BCUT2D eigenvalue weighted by molar-refractivity contribution is 5.98. The van der Waals surface area contributed by atoms with Gasteiger partial charge in [0.2, 0.25) is 0 Å². The fourth-order valence-corrected chi connectivity index (χ4v) is 2.23. The molecule has 7 heteroatoms. The van der Waals surface area contributed by atoms with E-state index in [1.807, 2.05) is 6.07 Å². The van der Waals surface area contributed by atoms with E-state index in [-0.39, 0.29) is 0 Å². The van der Waals surface area contributed by atoms with Crippen LogP contribution >= 0.6 is 0 Å². The van der Waals surface area contributed by atoms with Gasteiger partial charge in [-0.05, 0) is 24.6 Å². The molecule has 0 fully saturated rings. The molecule has 2 heterocycles. The van der Waals surface area contributed by atoms with E-state index in [0.29, 0.717) is 23.4 Å². The second kappa shape index (κ2) is 5.74. The normalized spacial score (nSPS) is 10.9. The molecule has 2 aromatic heterocycles. The van der Waals surface area contributed by atoms with Crippen LogP contribution in [0.3, 0.4) is 0 Å². The highest BCUT2D eigenvalue weighted by Crippen LogP contribution is 2.29. The number of halogens is 1. The quantitative estimate of drug-likeness (QED) is 0.493. The summed E-state index contributed by atoms with van der Waals surface area (Å²) in [6.07, 6.45) is 4.64. The van der Waals surface area contributed by atoms with E-state index in [1.54, 1.807) is 12.3 Å². The lowest BCUT2D eigenvalue weighted by Crippen LogP contribution is -2.07. The van der Waals surface area contributed by atoms with Crippen molar-refractivity contribution in [1.29, 1.82) is 0 Å². The number of rotatable bonds is 5. The topological polar surface area (TPSA) is 92.5 Å². The van der Waals surface area contributed by atoms with Gasteiger partial charge in [-0.25, -0.2) is 9.37 Å². The molecule has 0 aliphatic heterocycles. The van der Waals surface area contributed by atoms with E-state index in [0.717, 1.165) is 24.1 Å². The molecule has 0 atom stereocenters. The van der Waals surface area contributed by atoms with Gasteiger partial charge in [0.1, 0.15) is 12.2 Å². The maximum absolute atomic E-state index is 14.1. The van der Waals surface area contributed by atoms with E-state index in [1.165, 1.54) is 12.4 Å². The van der Waals surface area contributed by atoms with Crippen molar-refractivity contribution in [3.05, 3.63) is 42.4 Å². The molecule has 3 aromatic rings. The summed E-state index contributed by atoms with van der Waals surface area (Å²) >= 11 is 0. The van der Waals surface area contributed by atoms with Crippen molar-refractivity contribution in [3.63, 3.8) is 0 Å². The molecule has 0 saturated carbocycles. The van der Waals surface area contributed by atoms with E-state index in [2.05, 4.69) is 25.5 Å². The number of aromatic amines is 1. The van der Waals surface area contributed by atoms with E-state index in [9.17, 15) is 4.39 Å². The van der Waals surface area contributed by atoms with Gasteiger partial charge in [0.05, 0.1) is 11.2 Å². The minimum Gasteiger partial charge on any atom is -0.398 e. The molecular weight excluding hydrogens is 271 g/mol. The van der Waals surface area contributed by atoms with Gasteiger partial charge in [0.15, 0.2) is 5.82 Å². The van der Waals surface area contributed by atoms with Crippen molar-refractivity contribution in [1.82, 2.24) is 20.2 Å². The first kappa shape index (κ1) is 13.3. The minimum atomic E-state index is -0.390. The van der Waals surface area contributed by atoms with Crippen molar-refractivity contribution in [2.75, 3.05) is 17.6 Å². The Kier molecular flexibility index (Phi) is 3.63. The minimum absolute atomic E-state index is 0.386. The van der Waals surface area contributed by atoms with Gasteiger partial charge in [-0.2, -0.15) is 5.10 Å². The molecule has 0 bridgehead atoms. The summed E-state index contributed by atoms with van der Waals surface area (Å²) in [5.74, 6) is 0.427. The Morgan fingerprint density at radius 1 is 1.33 bits per heavy atom. The number of H-pyrrole nitrogens is 1. The summed E-state index contributed by atoms with van der Waals surface area (Å²) in [6, 6.07) is 4.93. The van der Waals surface area contributed by atoms with Crippen LogP contribution in [0.2, 0.25) is 0 Å². The molecule has 0 unspecified atom stereocenters. The summed E-state index contributed by atoms with van der Waals surface area (Å²) in [4.78, 5) is 8.26. The van der Waals surface area contributed by atoms with Crippen molar-refractivity contribution >= 4 is 22.3 Å². The SMILES string of the molecule is Nc1cc(F)c(NCCCc2ncn[nH]2)c2ncccc12. The lowest BCUT2D eigenvalue weighted by Gasteiger charge is -2.11. The Balaban J connectivity index is 1.74. The fraction of sp³-hybridized carbons (Fsp3) is 0.214. The second-order valence-electron chi connectivity index (χ2n) is 4.68. The number of aryl methyl sites for hydroxylation is 1. The first-order valence-corrected chi connectivity index (χ1v) is 6.66. The molecule has 0 saturated heterocycles. The number of hydrogen-bond donors (Lipinski definition) is 3. The Labute approximate surface area is 120 Å². The molecule has 4 N–H and O–H groups in total. The number of fused-ring (bicyclic) bond motifs is 1. The van der Waals surface area contributed by atoms with Crippen LogP contribution in [0.25, 0.3) is 10.9 Å². The predicted molar refractivity (Wildman–Crippen MR) is 79.3 cm³/mol. The smallest absolute Gasteiger partial charge is 0.150 e. The number of aromatic nitrogens is 4. The first-order valence-electron chi connectivity index (χ1n) is 6.66. The number of nitrogens with one attached hydrogen (secondary N) is 2. The summed E-state index contributed by atoms with van der Waals surface area (Å²) in [5, 5.41) is 10.4. The Hall–Kier alpha value is -2.70. The first-order chi connectivity index (χ1) is 10.3. The number of pyridine rings is 1. The number of nitrogens with two attached hydrogens (primary N) is 1. The maximum atomic E-state index is 14.1. The van der Waals surface area contributed by atoms with Gasteiger partial charge in [-0.3, -0.25) is 10.1 Å². The molecule has 0 aliphatic carbocycles. The largest absolute Gasteiger partial charge is 0.398 e. The molecule has 1 aromatic carbocycles. The maximum Gasteiger partial charge on any atom is 0.150 e.